The molecular weight excluding hydrogens is 316 g/mol. The molecule has 0 amide bonds. The standard InChI is InChI=1S/C17H28O5S/c1-9(2)7-21-15(18)12-13-17(6)8-16(12,5)11(10(3)4)14(17)23(19,20)22-13/h9-14H,7-8H2,1-6H3. The van der Waals surface area contributed by atoms with Gasteiger partial charge in [-0.1, -0.05) is 41.5 Å². The highest BCUT2D eigenvalue weighted by Gasteiger charge is 2.80. The van der Waals surface area contributed by atoms with Crippen molar-refractivity contribution in [2.24, 2.45) is 34.5 Å². The molecule has 2 aliphatic carbocycles. The van der Waals surface area contributed by atoms with Gasteiger partial charge in [0.2, 0.25) is 0 Å². The molecule has 3 aliphatic rings. The number of hydrogen-bond donors (Lipinski definition) is 0. The minimum absolute atomic E-state index is 0.0761. The number of carbonyl (C=O) groups is 1. The second-order valence-electron chi connectivity index (χ2n) is 8.89. The Morgan fingerprint density at radius 3 is 2.35 bits per heavy atom. The van der Waals surface area contributed by atoms with E-state index in [0.717, 1.165) is 0 Å². The van der Waals surface area contributed by atoms with Crippen molar-refractivity contribution in [1.82, 2.24) is 0 Å². The van der Waals surface area contributed by atoms with E-state index in [0.29, 0.717) is 13.0 Å². The van der Waals surface area contributed by atoms with E-state index in [-0.39, 0.29) is 29.1 Å². The van der Waals surface area contributed by atoms with Crippen LogP contribution in [0, 0.1) is 34.5 Å². The zero-order valence-electron chi connectivity index (χ0n) is 14.8. The van der Waals surface area contributed by atoms with E-state index in [1.807, 2.05) is 34.6 Å². The summed E-state index contributed by atoms with van der Waals surface area (Å²) in [6.07, 6.45) is 0.135. The topological polar surface area (TPSA) is 69.7 Å². The number of hydrogen-bond acceptors (Lipinski definition) is 5. The number of fused-ring (bicyclic) bond motifs is 1. The molecule has 0 N–H and O–H groups in total. The first kappa shape index (κ1) is 17.2. The van der Waals surface area contributed by atoms with Crippen LogP contribution in [0.4, 0.5) is 0 Å². The number of esters is 1. The summed E-state index contributed by atoms with van der Waals surface area (Å²) in [6.45, 7) is 12.4. The monoisotopic (exact) mass is 344 g/mol. The van der Waals surface area contributed by atoms with Crippen molar-refractivity contribution in [3.05, 3.63) is 0 Å². The molecule has 0 aromatic heterocycles. The molecule has 1 saturated heterocycles. The van der Waals surface area contributed by atoms with Gasteiger partial charge in [-0.25, -0.2) is 0 Å². The van der Waals surface area contributed by atoms with Crippen LogP contribution in [-0.4, -0.2) is 32.3 Å². The Labute approximate surface area is 139 Å². The third-order valence-electron chi connectivity index (χ3n) is 6.24. The Hall–Kier alpha value is -0.620. The quantitative estimate of drug-likeness (QED) is 0.579. The molecule has 0 aromatic rings. The highest BCUT2D eigenvalue weighted by atomic mass is 32.2. The molecule has 0 radical (unpaired) electrons. The van der Waals surface area contributed by atoms with E-state index in [1.165, 1.54) is 0 Å². The third-order valence-corrected chi connectivity index (χ3v) is 8.17. The van der Waals surface area contributed by atoms with Gasteiger partial charge in [-0.2, -0.15) is 8.42 Å². The number of carbonyl (C=O) groups excluding carboxylic acids is 1. The first-order valence-electron chi connectivity index (χ1n) is 8.54. The summed E-state index contributed by atoms with van der Waals surface area (Å²) in [5.41, 5.74) is -0.861. The summed E-state index contributed by atoms with van der Waals surface area (Å²) in [5, 5.41) is -0.501. The lowest BCUT2D eigenvalue weighted by Gasteiger charge is -2.42. The SMILES string of the molecule is CC(C)COC(=O)C1C2OS(=O)(=O)C3C(C(C)C)C1(C)CC23C. The second-order valence-corrected chi connectivity index (χ2v) is 10.6. The van der Waals surface area contributed by atoms with E-state index in [4.69, 9.17) is 8.92 Å². The van der Waals surface area contributed by atoms with Gasteiger partial charge in [0.25, 0.3) is 10.1 Å². The summed E-state index contributed by atoms with van der Waals surface area (Å²) >= 11 is 0. The molecule has 132 valence electrons. The predicted octanol–water partition coefficient (Wildman–Crippen LogP) is 2.60. The van der Waals surface area contributed by atoms with E-state index >= 15 is 0 Å². The maximum atomic E-state index is 12.8. The van der Waals surface area contributed by atoms with Gasteiger partial charge in [0.15, 0.2) is 0 Å². The van der Waals surface area contributed by atoms with Gasteiger partial charge in [0.05, 0.1) is 23.9 Å². The Bertz CT molecular complexity index is 625. The highest BCUT2D eigenvalue weighted by Crippen LogP contribution is 2.74. The average Bonchev–Trinajstić information content (AvgIpc) is 2.80. The van der Waals surface area contributed by atoms with Crippen LogP contribution in [0.1, 0.15) is 48.0 Å². The maximum absolute atomic E-state index is 12.8. The lowest BCUT2D eigenvalue weighted by atomic mass is 9.63. The van der Waals surface area contributed by atoms with Crippen molar-refractivity contribution in [3.63, 3.8) is 0 Å². The fraction of sp³-hybridized carbons (Fsp3) is 0.941. The second kappa shape index (κ2) is 4.94. The van der Waals surface area contributed by atoms with Gasteiger partial charge < -0.3 is 4.74 Å². The molecule has 23 heavy (non-hydrogen) atoms. The molecule has 3 rings (SSSR count). The lowest BCUT2D eigenvalue weighted by Crippen LogP contribution is -2.51. The molecular formula is C17H28O5S. The van der Waals surface area contributed by atoms with E-state index < -0.39 is 32.8 Å². The molecule has 6 atom stereocenters. The molecule has 0 aromatic carbocycles. The van der Waals surface area contributed by atoms with Crippen LogP contribution < -0.4 is 0 Å². The van der Waals surface area contributed by atoms with Crippen molar-refractivity contribution in [2.45, 2.75) is 59.3 Å². The molecule has 5 nitrogen and oxygen atoms in total. The summed E-state index contributed by atoms with van der Waals surface area (Å²) in [5.74, 6) is -0.441. The fourth-order valence-electron chi connectivity index (χ4n) is 5.82. The van der Waals surface area contributed by atoms with Gasteiger partial charge in [-0.15, -0.1) is 0 Å². The summed E-state index contributed by atoms with van der Waals surface area (Å²) < 4.78 is 36.2. The average molecular weight is 344 g/mol. The molecule has 3 fully saturated rings. The smallest absolute Gasteiger partial charge is 0.312 e. The number of rotatable bonds is 4. The minimum Gasteiger partial charge on any atom is -0.465 e. The van der Waals surface area contributed by atoms with Crippen molar-refractivity contribution < 1.29 is 22.1 Å². The van der Waals surface area contributed by atoms with Crippen LogP contribution >= 0.6 is 0 Å². The summed E-state index contributed by atoms with van der Waals surface area (Å²) in [7, 11) is -3.63. The van der Waals surface area contributed by atoms with Crippen molar-refractivity contribution in [1.29, 1.82) is 0 Å². The molecule has 1 heterocycles. The van der Waals surface area contributed by atoms with E-state index in [2.05, 4.69) is 6.92 Å². The van der Waals surface area contributed by atoms with Gasteiger partial charge in [-0.05, 0) is 29.6 Å². The van der Waals surface area contributed by atoms with Gasteiger partial charge in [0.1, 0.15) is 0 Å². The Balaban J connectivity index is 2.03. The van der Waals surface area contributed by atoms with Crippen LogP contribution in [-0.2, 0) is 23.8 Å². The van der Waals surface area contributed by atoms with Crippen LogP contribution in [0.5, 0.6) is 0 Å². The van der Waals surface area contributed by atoms with Crippen LogP contribution in [0.25, 0.3) is 0 Å². The van der Waals surface area contributed by atoms with Crippen molar-refractivity contribution in [3.8, 4) is 0 Å². The normalized spacial score (nSPS) is 46.8. The van der Waals surface area contributed by atoms with Gasteiger partial charge >= 0.3 is 5.97 Å². The molecule has 2 bridgehead atoms. The molecule has 6 unspecified atom stereocenters. The zero-order valence-corrected chi connectivity index (χ0v) is 15.6. The van der Waals surface area contributed by atoms with Crippen molar-refractivity contribution >= 4 is 16.1 Å². The Morgan fingerprint density at radius 1 is 1.22 bits per heavy atom. The minimum atomic E-state index is -3.63. The molecule has 1 aliphatic heterocycles. The molecule has 6 heteroatoms. The van der Waals surface area contributed by atoms with E-state index in [1.54, 1.807) is 0 Å². The van der Waals surface area contributed by atoms with E-state index in [9.17, 15) is 13.2 Å². The Kier molecular flexibility index (Phi) is 3.70. The first-order valence-corrected chi connectivity index (χ1v) is 10.0. The van der Waals surface area contributed by atoms with Crippen LogP contribution in [0.3, 0.4) is 0 Å². The van der Waals surface area contributed by atoms with Crippen molar-refractivity contribution in [2.75, 3.05) is 6.61 Å². The lowest BCUT2D eigenvalue weighted by molar-refractivity contribution is -0.160. The van der Waals surface area contributed by atoms with Gasteiger partial charge in [0, 0.05) is 5.41 Å². The molecule has 0 spiro atoms. The largest absolute Gasteiger partial charge is 0.465 e. The fourth-order valence-corrected chi connectivity index (χ4v) is 8.42. The summed E-state index contributed by atoms with van der Waals surface area (Å²) in [6, 6.07) is 0. The molecule has 2 saturated carbocycles. The van der Waals surface area contributed by atoms with Crippen LogP contribution in [0.15, 0.2) is 0 Å². The zero-order chi connectivity index (χ0) is 17.4. The van der Waals surface area contributed by atoms with Gasteiger partial charge in [-0.3, -0.25) is 8.98 Å². The third kappa shape index (κ3) is 2.13. The first-order chi connectivity index (χ1) is 10.4. The number of ether oxygens (including phenoxy) is 1. The van der Waals surface area contributed by atoms with Crippen LogP contribution in [0.2, 0.25) is 0 Å². The highest BCUT2D eigenvalue weighted by molar-refractivity contribution is 7.87. The predicted molar refractivity (Wildman–Crippen MR) is 86.0 cm³/mol. The Morgan fingerprint density at radius 2 is 1.83 bits per heavy atom. The summed E-state index contributed by atoms with van der Waals surface area (Å²) in [4.78, 5) is 12.8. The maximum Gasteiger partial charge on any atom is 0.312 e.